The number of nitrogens with two attached hydrogens (primary N) is 1. The van der Waals surface area contributed by atoms with Gasteiger partial charge in [0.15, 0.2) is 52.2 Å². The molecule has 1 saturated heterocycles. The molecular weight excluding hydrogens is 1820 g/mol. The third-order valence-electron chi connectivity index (χ3n) is 25.0. The number of carbonyl (C=O) groups is 4. The quantitative estimate of drug-likeness (QED) is 0.0102. The number of oxazole rings is 1. The number of Topliss-reactive ketones (excluding diaryl/α,β-unsaturated/α-hetero) is 2. The molecule has 0 spiro atoms. The molecule has 1 aliphatic heterocycles. The van der Waals surface area contributed by atoms with Crippen molar-refractivity contribution in [3.05, 3.63) is 127 Å². The molecule has 9 aromatic rings. The number of aliphatic hydroxyl groups excluding tert-OH is 4. The van der Waals surface area contributed by atoms with Gasteiger partial charge >= 0.3 is 30.0 Å². The van der Waals surface area contributed by atoms with Crippen molar-refractivity contribution >= 4 is 80.1 Å². The van der Waals surface area contributed by atoms with Gasteiger partial charge in [-0.3, -0.25) is 14.2 Å². The fourth-order valence-electron chi connectivity index (χ4n) is 17.4. The predicted octanol–water partition coefficient (Wildman–Crippen LogP) is 18.8. The number of nitriles is 1. The summed E-state index contributed by atoms with van der Waals surface area (Å²) in [4.78, 5) is 68.3. The number of ether oxygens (including phenoxy) is 1. The summed E-state index contributed by atoms with van der Waals surface area (Å²) in [5.41, 5.74) is 9.53. The van der Waals surface area contributed by atoms with Gasteiger partial charge in [0.2, 0.25) is 5.89 Å². The van der Waals surface area contributed by atoms with E-state index < -0.39 is 17.3 Å². The van der Waals surface area contributed by atoms with E-state index in [1.807, 2.05) is 86.8 Å². The van der Waals surface area contributed by atoms with Gasteiger partial charge in [-0.1, -0.05) is 155 Å². The van der Waals surface area contributed by atoms with Crippen molar-refractivity contribution in [1.29, 1.82) is 5.26 Å². The van der Waals surface area contributed by atoms with E-state index in [2.05, 4.69) is 136 Å². The fraction of sp³-hybridized carbons (Fsp3) is 0.636. The monoisotopic (exact) mass is 1970 g/mol. The number of pyridine rings is 4. The molecular formula is C99H153AlCl3LiN19O12P. The summed E-state index contributed by atoms with van der Waals surface area (Å²) in [5, 5.41) is 85.5. The summed E-state index contributed by atoms with van der Waals surface area (Å²) in [6.07, 6.45) is 48.2. The second-order valence-electron chi connectivity index (χ2n) is 36.2. The first kappa shape index (κ1) is 121. The number of aromatic nitrogens is 17. The predicted molar refractivity (Wildman–Crippen MR) is 537 cm³/mol. The molecule has 0 aromatic carbocycles. The Balaban J connectivity index is 0.000000414. The van der Waals surface area contributed by atoms with Crippen LogP contribution in [0.5, 0.6) is 0 Å². The van der Waals surface area contributed by atoms with Gasteiger partial charge in [0.1, 0.15) is 89.0 Å². The Morgan fingerprint density at radius 1 is 0.478 bits per heavy atom. The zero-order valence-electron chi connectivity index (χ0n) is 80.4. The number of ketones is 2. The second-order valence-corrected chi connectivity index (χ2v) is 42.9. The zero-order valence-corrected chi connectivity index (χ0v) is 82.5. The third kappa shape index (κ3) is 41.6. The van der Waals surface area contributed by atoms with Crippen LogP contribution in [0.3, 0.4) is 0 Å². The number of halogens is 3. The summed E-state index contributed by atoms with van der Waals surface area (Å²) < 4.78 is 28.2. The van der Waals surface area contributed by atoms with Crippen LogP contribution in [0.1, 0.15) is 370 Å². The van der Waals surface area contributed by atoms with E-state index in [0.717, 1.165) is 93.8 Å². The largest absolute Gasteiger partial charge is 1.00 e. The van der Waals surface area contributed by atoms with Crippen LogP contribution >= 0.6 is 38.9 Å². The number of aliphatic hydroxyl groups is 4. The number of hydrogen-bond acceptors (Lipinski definition) is 26. The summed E-state index contributed by atoms with van der Waals surface area (Å²) >= 11 is 13.8. The van der Waals surface area contributed by atoms with E-state index in [4.69, 9.17) is 35.3 Å². The SMILES string of the molecule is C.C.C1CCOC1.CC(C)n1cnnc1-c1cccc(-c2ncc(C3CCCCC3)o2)n1.CC(C)n1cnnc1-c1cccc(C(=O)CCC(O)C2CCCCC2)n1.CC(C)n1cnnc1-c1cccc(C(=O)CCC(O)C2CCCCC2)n1.CC(C)n1cnnc1-c1cccc(C(=O)O)n1.N#CC(O)C1CCCCC1.NCC(O)C1CCCCC1.O=CC1CCCCC1.O=P(Cl)(Cl)Cl.[AlH3].[H-].[Li+]. The van der Waals surface area contributed by atoms with Gasteiger partial charge in [0.05, 0.1) is 30.6 Å². The number of aldehydes is 1. The molecule has 4 atom stereocenters. The molecule has 31 nitrogen and oxygen atoms in total. The molecule has 0 amide bonds. The van der Waals surface area contributed by atoms with Crippen molar-refractivity contribution < 1.29 is 78.7 Å². The zero-order chi connectivity index (χ0) is 95.3. The number of hydrogen-bond donors (Lipinski definition) is 6. The topological polar surface area (TPSA) is 446 Å². The number of nitrogens with zero attached hydrogens (tertiary/aromatic N) is 18. The molecule has 37 heteroatoms. The minimum Gasteiger partial charge on any atom is -1.00 e. The van der Waals surface area contributed by atoms with Crippen molar-refractivity contribution in [1.82, 2.24) is 84.0 Å². The maximum Gasteiger partial charge on any atom is 1.00 e. The number of carboxylic acids is 1. The first-order valence-corrected chi connectivity index (χ1v) is 52.2. The van der Waals surface area contributed by atoms with Gasteiger partial charge in [-0.15, -0.1) is 40.8 Å². The smallest absolute Gasteiger partial charge is 1.00 e. The molecule has 4 unspecified atom stereocenters. The standard InChI is InChI=1S/2C20H28N4O2.C19H23N5O.C11H12N4O2.C8H17NO.C8H13NO.C7H12O.C4H8O.2CH4.Al.Cl3OP.Li.4H/c2*1-14(2)24-13-21-23-20(24)17-10-6-9-16(22-17)19(26)12-11-18(25)15-7-4-3-5-8-15;1-13(2)24-12-21-23-18(24)15-9-6-10-16(22-15)19-20-11-17(25-19)14-7-4-3-5-8-14;1-7(2)15-6-12-14-10(15)8-4-3-5-9(13-8)11(16)17;2*9-6-8(10)7-4-2-1-3-5-7;8-6-7-4-2-1-3-5-7;1-2-4-5-3-1;;;;1-5(2,3)4;;;;;/h2*6,9-10,13-15,18,25H,3-5,7-8,11-12H2,1-2H3;6,9-14H,3-5,7-8H2,1-2H3;3-7H,1-2H3,(H,16,17);7-8,10H,1-6,9H2;7-8,10H,1-5H2;6-7H,1-5H2;1-4H2;2*1H4;;;;;;;/q;;;;;;;;;;;;+1;;;;-1. The van der Waals surface area contributed by atoms with Crippen LogP contribution in [0.4, 0.5) is 0 Å². The van der Waals surface area contributed by atoms with Crippen LogP contribution in [0.2, 0.25) is 0 Å². The van der Waals surface area contributed by atoms with Crippen LogP contribution in [0.15, 0.2) is 109 Å². The first-order chi connectivity index (χ1) is 63.5. The maximum atomic E-state index is 12.6. The average Bonchev–Trinajstić information content (AvgIpc) is 1.76. The molecule has 7 N–H and O–H groups in total. The molecule has 746 valence electrons. The van der Waals surface area contributed by atoms with E-state index in [1.54, 1.807) is 49.6 Å². The number of aromatic carboxylic acids is 1. The van der Waals surface area contributed by atoms with Crippen LogP contribution in [-0.2, 0) is 14.1 Å². The Kier molecular flexibility index (Phi) is 58.0. The Morgan fingerprint density at radius 2 is 0.787 bits per heavy atom. The molecule has 9 aromatic heterocycles. The van der Waals surface area contributed by atoms with Crippen LogP contribution in [0, 0.1) is 40.9 Å². The van der Waals surface area contributed by atoms with Crippen molar-refractivity contribution in [2.24, 2.45) is 35.3 Å². The molecule has 7 fully saturated rings. The summed E-state index contributed by atoms with van der Waals surface area (Å²) in [6.45, 7) is 18.8. The van der Waals surface area contributed by atoms with E-state index in [0.29, 0.717) is 114 Å². The molecule has 16 rings (SSSR count). The van der Waals surface area contributed by atoms with E-state index in [-0.39, 0.29) is 118 Å². The fourth-order valence-corrected chi connectivity index (χ4v) is 17.4. The minimum absolute atomic E-state index is 0. The summed E-state index contributed by atoms with van der Waals surface area (Å²) in [6, 6.07) is 24.2. The average molecular weight is 1970 g/mol. The second kappa shape index (κ2) is 65.4. The van der Waals surface area contributed by atoms with Gasteiger partial charge in [0, 0.05) is 68.6 Å². The maximum absolute atomic E-state index is 12.6. The minimum atomic E-state index is -3.22. The van der Waals surface area contributed by atoms with Crippen LogP contribution in [0.25, 0.3) is 57.7 Å². The van der Waals surface area contributed by atoms with Crippen molar-refractivity contribution in [2.75, 3.05) is 19.8 Å². The van der Waals surface area contributed by atoms with E-state index in [1.165, 1.54) is 160 Å². The van der Waals surface area contributed by atoms with Gasteiger partial charge in [-0.05, 0) is 264 Å². The summed E-state index contributed by atoms with van der Waals surface area (Å²) in [7, 11) is 0. The van der Waals surface area contributed by atoms with Gasteiger partial charge in [0.25, 0.3) is 0 Å². The summed E-state index contributed by atoms with van der Waals surface area (Å²) in [5.74, 6) is 5.49. The Labute approximate surface area is 844 Å². The first-order valence-electron chi connectivity index (χ1n) is 47.8. The molecule has 136 heavy (non-hydrogen) atoms. The van der Waals surface area contributed by atoms with Crippen molar-refractivity contribution in [3.8, 4) is 63.7 Å². The number of rotatable bonds is 25. The Bertz CT molecular complexity index is 4800. The van der Waals surface area contributed by atoms with Gasteiger partial charge < -0.3 is 64.9 Å². The number of carboxylic acid groups (broad SMARTS) is 1. The van der Waals surface area contributed by atoms with Crippen molar-refractivity contribution in [3.63, 3.8) is 0 Å². The molecule has 6 saturated carbocycles. The molecule has 6 aliphatic carbocycles. The van der Waals surface area contributed by atoms with Gasteiger partial charge in [-0.25, -0.2) is 29.7 Å². The molecule has 10 heterocycles. The van der Waals surface area contributed by atoms with Crippen LogP contribution in [-0.4, -0.2) is 195 Å². The molecule has 0 radical (unpaired) electrons. The third-order valence-corrected chi connectivity index (χ3v) is 25.0. The van der Waals surface area contributed by atoms with E-state index >= 15 is 0 Å². The van der Waals surface area contributed by atoms with Gasteiger partial charge in [-0.2, -0.15) is 5.26 Å². The van der Waals surface area contributed by atoms with Crippen LogP contribution < -0.4 is 24.6 Å². The normalized spacial score (nSPS) is 16.9. The Hall–Kier alpha value is -7.67. The molecule has 7 aliphatic rings. The van der Waals surface area contributed by atoms with E-state index in [9.17, 15) is 39.1 Å². The number of carbonyl (C=O) groups excluding carboxylic acids is 3. The van der Waals surface area contributed by atoms with Crippen molar-refractivity contribution in [2.45, 2.75) is 356 Å². The Morgan fingerprint density at radius 3 is 1.10 bits per heavy atom. The molecule has 0 bridgehead atoms.